The molecule has 1 N–H and O–H groups in total. The van der Waals surface area contributed by atoms with E-state index in [1.807, 2.05) is 0 Å². The average Bonchev–Trinajstić information content (AvgIpc) is 3.75. The van der Waals surface area contributed by atoms with Gasteiger partial charge in [0.2, 0.25) is 0 Å². The summed E-state index contributed by atoms with van der Waals surface area (Å²) in [7, 11) is -1.92. The Labute approximate surface area is 203 Å². The molecular weight excluding hydrogens is 501 g/mol. The van der Waals surface area contributed by atoms with Crippen molar-refractivity contribution in [1.82, 2.24) is 20.1 Å². The molecular formula is C23H21F3N4O5S. The lowest BCUT2D eigenvalue weighted by Crippen LogP contribution is -2.34. The molecule has 0 unspecified atom stereocenters. The topological polar surface area (TPSA) is 120 Å². The molecule has 0 bridgehead atoms. The third-order valence-electron chi connectivity index (χ3n) is 6.58. The number of nitrogens with zero attached hydrogens (tertiary/aromatic N) is 3. The zero-order valence-electron chi connectivity index (χ0n) is 19.1. The molecule has 1 aromatic carbocycles. The fourth-order valence-electron chi connectivity index (χ4n) is 4.15. The van der Waals surface area contributed by atoms with Crippen molar-refractivity contribution in [1.29, 1.82) is 0 Å². The van der Waals surface area contributed by atoms with Gasteiger partial charge in [-0.2, -0.15) is 5.10 Å². The third-order valence-corrected chi connectivity index (χ3v) is 9.66. The largest absolute Gasteiger partial charge is 0.473 e. The number of fused-ring (bicyclic) bond motifs is 1. The highest BCUT2D eigenvalue weighted by Gasteiger charge is 2.60. The van der Waals surface area contributed by atoms with Crippen LogP contribution in [0, 0.1) is 17.5 Å². The number of rotatable bonds is 8. The summed E-state index contributed by atoms with van der Waals surface area (Å²) in [6.07, 6.45) is 3.62. The summed E-state index contributed by atoms with van der Waals surface area (Å²) in [4.78, 5) is 25.6. The van der Waals surface area contributed by atoms with Crippen LogP contribution in [0.5, 0.6) is 5.88 Å². The van der Waals surface area contributed by atoms with E-state index < -0.39 is 43.5 Å². The molecule has 13 heteroatoms. The minimum atomic E-state index is -3.31. The van der Waals surface area contributed by atoms with Gasteiger partial charge in [-0.1, -0.05) is 0 Å². The van der Waals surface area contributed by atoms with Crippen molar-refractivity contribution in [3.8, 4) is 5.88 Å². The van der Waals surface area contributed by atoms with Gasteiger partial charge in [-0.15, -0.1) is 5.10 Å². The Bertz CT molecular complexity index is 1540. The molecule has 2 aromatic heterocycles. The second-order valence-corrected chi connectivity index (χ2v) is 11.8. The minimum absolute atomic E-state index is 0.0333. The van der Waals surface area contributed by atoms with Crippen LogP contribution in [0.4, 0.5) is 13.2 Å². The van der Waals surface area contributed by atoms with Crippen molar-refractivity contribution in [2.45, 2.75) is 42.2 Å². The summed E-state index contributed by atoms with van der Waals surface area (Å²) in [6, 6.07) is 2.76. The highest BCUT2D eigenvalue weighted by atomic mass is 32.2. The van der Waals surface area contributed by atoms with E-state index in [1.54, 1.807) is 0 Å². The molecule has 0 saturated heterocycles. The standard InChI is InChI=1S/C23H21F3N4O5S/c1-30-19-13(10-28-29-21(19)35-11-23(4-5-23)36(33,34)14-2-3-14)8-15(22(30)32)20(31)27-9-12-6-16(24)18(26)17(25)7-12/h6-8,10,14H,2-5,9,11H2,1H3,(H,27,31). The number of amides is 1. The monoisotopic (exact) mass is 522 g/mol. The quantitative estimate of drug-likeness (QED) is 0.450. The molecule has 2 heterocycles. The van der Waals surface area contributed by atoms with E-state index in [1.165, 1.54) is 19.3 Å². The average molecular weight is 523 g/mol. The molecule has 2 fully saturated rings. The Kier molecular flexibility index (Phi) is 5.77. The Morgan fingerprint density at radius 3 is 2.47 bits per heavy atom. The van der Waals surface area contributed by atoms with Gasteiger partial charge >= 0.3 is 0 Å². The van der Waals surface area contributed by atoms with Gasteiger partial charge in [0.05, 0.1) is 11.4 Å². The van der Waals surface area contributed by atoms with Crippen molar-refractivity contribution < 1.29 is 31.1 Å². The van der Waals surface area contributed by atoms with E-state index in [0.717, 1.165) is 16.7 Å². The lowest BCUT2D eigenvalue weighted by atomic mass is 10.1. The fourth-order valence-corrected chi connectivity index (χ4v) is 6.51. The SMILES string of the molecule is Cn1c(=O)c(C(=O)NCc2cc(F)c(F)c(F)c2)cc2cnnc(OCC3(S(=O)(=O)C4CC4)CC3)c21. The normalized spacial score (nSPS) is 16.7. The van der Waals surface area contributed by atoms with Gasteiger partial charge in [0.15, 0.2) is 27.3 Å². The molecule has 190 valence electrons. The van der Waals surface area contributed by atoms with E-state index in [9.17, 15) is 31.2 Å². The van der Waals surface area contributed by atoms with Crippen LogP contribution in [0.25, 0.3) is 10.9 Å². The number of halogens is 3. The first-order chi connectivity index (χ1) is 17.0. The predicted molar refractivity (Wildman–Crippen MR) is 122 cm³/mol. The van der Waals surface area contributed by atoms with E-state index in [-0.39, 0.29) is 40.9 Å². The molecule has 2 saturated carbocycles. The van der Waals surface area contributed by atoms with Crippen LogP contribution < -0.4 is 15.6 Å². The van der Waals surface area contributed by atoms with Gasteiger partial charge in [0, 0.05) is 19.0 Å². The summed E-state index contributed by atoms with van der Waals surface area (Å²) in [6.45, 7) is -0.463. The number of ether oxygens (including phenoxy) is 1. The molecule has 3 aromatic rings. The van der Waals surface area contributed by atoms with Crippen molar-refractivity contribution >= 4 is 26.6 Å². The molecule has 2 aliphatic carbocycles. The highest BCUT2D eigenvalue weighted by Crippen LogP contribution is 2.50. The van der Waals surface area contributed by atoms with Crippen LogP contribution in [0.1, 0.15) is 41.6 Å². The van der Waals surface area contributed by atoms with E-state index in [0.29, 0.717) is 31.1 Å². The molecule has 0 spiro atoms. The van der Waals surface area contributed by atoms with Crippen molar-refractivity contribution in [3.63, 3.8) is 0 Å². The molecule has 0 atom stereocenters. The van der Waals surface area contributed by atoms with Crippen LogP contribution in [-0.4, -0.2) is 45.7 Å². The number of benzene rings is 1. The number of pyridine rings is 1. The number of hydrogen-bond acceptors (Lipinski definition) is 7. The smallest absolute Gasteiger partial charge is 0.263 e. The summed E-state index contributed by atoms with van der Waals surface area (Å²) < 4.78 is 71.4. The number of carbonyl (C=O) groups excluding carboxylic acids is 1. The highest BCUT2D eigenvalue weighted by molar-refractivity contribution is 7.94. The Hall–Kier alpha value is -3.48. The van der Waals surface area contributed by atoms with Crippen molar-refractivity contribution in [2.75, 3.05) is 6.61 Å². The van der Waals surface area contributed by atoms with E-state index >= 15 is 0 Å². The lowest BCUT2D eigenvalue weighted by Gasteiger charge is -2.17. The summed E-state index contributed by atoms with van der Waals surface area (Å²) in [5.74, 6) is -5.27. The third kappa shape index (κ3) is 4.10. The van der Waals surface area contributed by atoms with Crippen LogP contribution in [0.2, 0.25) is 0 Å². The maximum atomic E-state index is 13.4. The first kappa shape index (κ1) is 24.2. The molecule has 2 aliphatic rings. The maximum Gasteiger partial charge on any atom is 0.263 e. The van der Waals surface area contributed by atoms with Gasteiger partial charge in [0.1, 0.15) is 22.4 Å². The van der Waals surface area contributed by atoms with Crippen molar-refractivity contribution in [3.05, 3.63) is 63.3 Å². The Balaban J connectivity index is 1.38. The predicted octanol–water partition coefficient (Wildman–Crippen LogP) is 2.16. The second-order valence-electron chi connectivity index (χ2n) is 9.15. The summed E-state index contributed by atoms with van der Waals surface area (Å²) >= 11 is 0. The minimum Gasteiger partial charge on any atom is -0.473 e. The van der Waals surface area contributed by atoms with Gasteiger partial charge in [-0.05, 0) is 49.4 Å². The zero-order chi connectivity index (χ0) is 25.8. The van der Waals surface area contributed by atoms with Gasteiger partial charge in [-0.25, -0.2) is 21.6 Å². The van der Waals surface area contributed by atoms with E-state index in [2.05, 4.69) is 15.5 Å². The molecule has 1 amide bonds. The maximum absolute atomic E-state index is 13.4. The number of aromatic nitrogens is 3. The first-order valence-corrected chi connectivity index (χ1v) is 12.7. The first-order valence-electron chi connectivity index (χ1n) is 11.2. The summed E-state index contributed by atoms with van der Waals surface area (Å²) in [5, 5.41) is 10.2. The number of aryl methyl sites for hydroxylation is 1. The number of nitrogens with one attached hydrogen (secondary N) is 1. The molecule has 5 rings (SSSR count). The molecule has 9 nitrogen and oxygen atoms in total. The number of carbonyl (C=O) groups is 1. The molecule has 0 aliphatic heterocycles. The Morgan fingerprint density at radius 2 is 1.86 bits per heavy atom. The van der Waals surface area contributed by atoms with Gasteiger partial charge in [-0.3, -0.25) is 9.59 Å². The van der Waals surface area contributed by atoms with E-state index in [4.69, 9.17) is 4.74 Å². The van der Waals surface area contributed by atoms with Crippen LogP contribution in [0.15, 0.2) is 29.2 Å². The molecule has 0 radical (unpaired) electrons. The fraction of sp³-hybridized carbons (Fsp3) is 0.391. The van der Waals surface area contributed by atoms with Gasteiger partial charge < -0.3 is 14.6 Å². The van der Waals surface area contributed by atoms with Crippen LogP contribution in [0.3, 0.4) is 0 Å². The number of sulfone groups is 1. The molecule has 36 heavy (non-hydrogen) atoms. The van der Waals surface area contributed by atoms with Crippen LogP contribution >= 0.6 is 0 Å². The Morgan fingerprint density at radius 1 is 1.19 bits per heavy atom. The second kappa shape index (κ2) is 8.57. The van der Waals surface area contributed by atoms with Crippen molar-refractivity contribution in [2.24, 2.45) is 7.05 Å². The van der Waals surface area contributed by atoms with Gasteiger partial charge in [0.25, 0.3) is 17.3 Å². The zero-order valence-corrected chi connectivity index (χ0v) is 19.9. The number of hydrogen-bond donors (Lipinski definition) is 1. The lowest BCUT2D eigenvalue weighted by molar-refractivity contribution is 0.0949. The van der Waals surface area contributed by atoms with Crippen LogP contribution in [-0.2, 0) is 23.4 Å². The summed E-state index contributed by atoms with van der Waals surface area (Å²) in [5.41, 5.74) is -0.786.